The molecule has 0 nitrogen and oxygen atoms in total. The third kappa shape index (κ3) is 17.9. The van der Waals surface area contributed by atoms with Crippen LogP contribution in [0.15, 0.2) is 394 Å². The van der Waals surface area contributed by atoms with Crippen LogP contribution in [0.4, 0.5) is 0 Å². The Morgan fingerprint density at radius 2 is 0.269 bits per heavy atom. The van der Waals surface area contributed by atoms with Gasteiger partial charge in [0, 0.05) is 0 Å². The molecule has 0 heteroatoms. The van der Waals surface area contributed by atoms with Gasteiger partial charge in [-0.2, -0.15) is 0 Å². The van der Waals surface area contributed by atoms with Gasteiger partial charge in [-0.15, -0.1) is 0 Å². The standard InChI is InChI=1S/C130H110/c1-11-31-98(32-12-1)51-61-108-71-109(62-52-99-33-13-2-14-34-99)77-119(76-108)124-86-118-87-125(89-124,120-78-110(63-53-100-35-15-3-16-36-100)72-111(79-120)64-54-101-37-17-4-18-38-101)94-129(88-118,93-124)130-95-126(121-80-112(65-55-102-39-19-5-20-40-102)73-113(81-121)66-56-103-41-21-6-22-42-103)90-127(96-130,122-82-114(67-57-104-43-23-7-24-44-104)74-115(83-122)68-58-105-45-25-8-26-46-105)92-128(91-126,97-130)123-84-116(69-59-106-47-27-9-28-48-106)75-117(85-123)70-60-107-49-29-10-30-50-107/h1-85,118H,86-97H2. The zero-order valence-electron chi connectivity index (χ0n) is 74.1. The summed E-state index contributed by atoms with van der Waals surface area (Å²) in [5, 5.41) is 0. The Hall–Kier alpha value is -14.3. The molecule has 8 aliphatic rings. The second kappa shape index (κ2) is 36.1. The predicted octanol–water partition coefficient (Wildman–Crippen LogP) is 33.7. The minimum absolute atomic E-state index is 0.191. The SMILES string of the molecule is C(=Cc1cc(C=Cc2ccccc2)cc(C23CC4CC(c5cc(C=Cc6ccccc6)cc(C=Cc6ccccc6)c5)(C2)CC(C25CC6(c7cc(C=Cc8ccccc8)cc(C=Cc8ccccc8)c7)CC(c7cc(C=Cc8ccccc8)cc(C=Cc8ccccc8)c7)(CC(c7cc(C=Cc8ccccc8)cc(C=Cc8ccccc8)c7)(C6)C2)C5)(C4)C3)c1)c1ccccc1. The molecule has 0 saturated heterocycles. The van der Waals surface area contributed by atoms with Crippen molar-refractivity contribution >= 4 is 122 Å². The van der Waals surface area contributed by atoms with Gasteiger partial charge in [0.1, 0.15) is 0 Å². The summed E-state index contributed by atoms with van der Waals surface area (Å²) in [4.78, 5) is 0. The molecule has 0 spiro atoms. The molecule has 2 atom stereocenters. The molecule has 8 aliphatic carbocycles. The van der Waals surface area contributed by atoms with Crippen LogP contribution in [0.25, 0.3) is 122 Å². The Morgan fingerprint density at radius 3 is 0.438 bits per heavy atom. The summed E-state index contributed by atoms with van der Waals surface area (Å²) in [7, 11) is 0. The zero-order valence-corrected chi connectivity index (χ0v) is 74.1. The molecule has 23 rings (SSSR count). The lowest BCUT2D eigenvalue weighted by Crippen LogP contribution is -2.73. The molecule has 2 unspecified atom stereocenters. The molecule has 15 aromatic rings. The fraction of sp³-hybridized carbons (Fsp3) is 0.154. The highest BCUT2D eigenvalue weighted by Gasteiger charge is 2.77. The highest BCUT2D eigenvalue weighted by molar-refractivity contribution is 5.82. The Balaban J connectivity index is 0.855. The molecule has 630 valence electrons. The minimum Gasteiger partial charge on any atom is -0.0622 e. The van der Waals surface area contributed by atoms with Crippen LogP contribution in [0.5, 0.6) is 0 Å². The van der Waals surface area contributed by atoms with Crippen molar-refractivity contribution < 1.29 is 0 Å². The van der Waals surface area contributed by atoms with E-state index in [-0.39, 0.29) is 37.9 Å². The van der Waals surface area contributed by atoms with Crippen LogP contribution in [-0.2, 0) is 27.1 Å². The topological polar surface area (TPSA) is 0 Å². The van der Waals surface area contributed by atoms with E-state index in [1.165, 1.54) is 146 Å². The largest absolute Gasteiger partial charge is 0.0622 e. The maximum Gasteiger partial charge on any atom is -0.00241 e. The van der Waals surface area contributed by atoms with Crippen LogP contribution in [0.2, 0.25) is 0 Å². The van der Waals surface area contributed by atoms with Gasteiger partial charge in [0.25, 0.3) is 0 Å². The Morgan fingerprint density at radius 1 is 0.131 bits per heavy atom. The number of hydrogen-bond donors (Lipinski definition) is 0. The molecular weight excluding hydrogens is 1560 g/mol. The molecule has 8 bridgehead atoms. The Kier molecular flexibility index (Phi) is 22.9. The summed E-state index contributed by atoms with van der Waals surface area (Å²) in [5.74, 6) is 0.425. The molecular formula is C130H110. The van der Waals surface area contributed by atoms with Crippen molar-refractivity contribution in [2.45, 2.75) is 104 Å². The molecule has 0 aliphatic heterocycles. The fourth-order valence-electron chi connectivity index (χ4n) is 25.2. The third-order valence-corrected chi connectivity index (χ3v) is 29.9. The van der Waals surface area contributed by atoms with Gasteiger partial charge in [-0.3, -0.25) is 0 Å². The van der Waals surface area contributed by atoms with E-state index in [1.807, 2.05) is 0 Å². The highest BCUT2D eigenvalue weighted by Crippen LogP contribution is 2.84. The number of hydrogen-bond acceptors (Lipinski definition) is 0. The predicted molar refractivity (Wildman–Crippen MR) is 558 cm³/mol. The number of rotatable bonds is 26. The first-order chi connectivity index (χ1) is 63.9. The van der Waals surface area contributed by atoms with E-state index in [0.717, 1.165) is 70.6 Å². The summed E-state index contributed by atoms with van der Waals surface area (Å²) >= 11 is 0. The summed E-state index contributed by atoms with van der Waals surface area (Å²) in [6.45, 7) is 0. The quantitative estimate of drug-likeness (QED) is 0.0474. The molecule has 0 N–H and O–H groups in total. The summed E-state index contributed by atoms with van der Waals surface area (Å²) in [5.41, 5.74) is 29.7. The van der Waals surface area contributed by atoms with Crippen LogP contribution in [-0.4, -0.2) is 0 Å². The lowest BCUT2D eigenvalue weighted by Gasteiger charge is -2.79. The van der Waals surface area contributed by atoms with Crippen molar-refractivity contribution in [2.75, 3.05) is 0 Å². The maximum atomic E-state index is 2.70. The average molecular weight is 1670 g/mol. The van der Waals surface area contributed by atoms with Gasteiger partial charge >= 0.3 is 0 Å². The Bertz CT molecular complexity index is 5960. The Labute approximate surface area is 770 Å². The first-order valence-electron chi connectivity index (χ1n) is 47.0. The number of benzene rings is 15. The molecule has 130 heavy (non-hydrogen) atoms. The van der Waals surface area contributed by atoms with Crippen molar-refractivity contribution in [1.29, 1.82) is 0 Å². The molecule has 8 fully saturated rings. The molecule has 0 aromatic heterocycles. The highest BCUT2D eigenvalue weighted by atomic mass is 14.8. The van der Waals surface area contributed by atoms with E-state index in [4.69, 9.17) is 0 Å². The third-order valence-electron chi connectivity index (χ3n) is 29.9. The van der Waals surface area contributed by atoms with E-state index < -0.39 is 0 Å². The van der Waals surface area contributed by atoms with Crippen LogP contribution in [0.1, 0.15) is 216 Å². The van der Waals surface area contributed by atoms with Gasteiger partial charge in [-0.1, -0.05) is 486 Å². The summed E-state index contributed by atoms with van der Waals surface area (Å²) < 4.78 is 0. The van der Waals surface area contributed by atoms with Crippen molar-refractivity contribution in [3.8, 4) is 0 Å². The van der Waals surface area contributed by atoms with Crippen molar-refractivity contribution in [1.82, 2.24) is 0 Å². The summed E-state index contributed by atoms with van der Waals surface area (Å²) in [6.07, 6.45) is 60.7. The van der Waals surface area contributed by atoms with Gasteiger partial charge in [-0.05, 0) is 290 Å². The van der Waals surface area contributed by atoms with Crippen LogP contribution in [0.3, 0.4) is 0 Å². The first kappa shape index (κ1) is 82.7. The van der Waals surface area contributed by atoms with E-state index in [0.29, 0.717) is 5.92 Å². The molecule has 8 saturated carbocycles. The van der Waals surface area contributed by atoms with Crippen molar-refractivity contribution in [3.05, 3.63) is 533 Å². The lowest BCUT2D eigenvalue weighted by molar-refractivity contribution is -0.231. The summed E-state index contributed by atoms with van der Waals surface area (Å²) in [6, 6.07) is 149. The van der Waals surface area contributed by atoms with Gasteiger partial charge in [0.15, 0.2) is 0 Å². The van der Waals surface area contributed by atoms with E-state index in [1.54, 1.807) is 0 Å². The molecule has 0 amide bonds. The van der Waals surface area contributed by atoms with Crippen LogP contribution in [0, 0.1) is 16.7 Å². The first-order valence-corrected chi connectivity index (χ1v) is 47.0. The zero-order chi connectivity index (χ0) is 87.1. The average Bonchev–Trinajstić information content (AvgIpc) is 0.642. The fourth-order valence-corrected chi connectivity index (χ4v) is 25.2. The van der Waals surface area contributed by atoms with Gasteiger partial charge in [-0.25, -0.2) is 0 Å². The maximum absolute atomic E-state index is 2.70. The second-order valence-corrected chi connectivity index (χ2v) is 38.9. The van der Waals surface area contributed by atoms with E-state index >= 15 is 0 Å². The van der Waals surface area contributed by atoms with Crippen LogP contribution >= 0.6 is 0 Å². The van der Waals surface area contributed by atoms with Crippen LogP contribution < -0.4 is 0 Å². The lowest BCUT2D eigenvalue weighted by atomic mass is 9.24. The minimum atomic E-state index is -0.356. The second-order valence-electron chi connectivity index (χ2n) is 38.9. The monoisotopic (exact) mass is 1670 g/mol. The smallest absolute Gasteiger partial charge is 0.00241 e. The van der Waals surface area contributed by atoms with E-state index in [2.05, 4.69) is 516 Å². The van der Waals surface area contributed by atoms with Gasteiger partial charge < -0.3 is 0 Å². The van der Waals surface area contributed by atoms with Gasteiger partial charge in [0.2, 0.25) is 0 Å². The molecule has 0 radical (unpaired) electrons. The van der Waals surface area contributed by atoms with Gasteiger partial charge in [0.05, 0.1) is 0 Å². The normalized spacial score (nSPS) is 23.3. The van der Waals surface area contributed by atoms with E-state index in [9.17, 15) is 0 Å². The molecule has 15 aromatic carbocycles. The van der Waals surface area contributed by atoms with Crippen molar-refractivity contribution in [3.63, 3.8) is 0 Å². The molecule has 0 heterocycles. The van der Waals surface area contributed by atoms with Crippen molar-refractivity contribution in [2.24, 2.45) is 16.7 Å².